The highest BCUT2D eigenvalue weighted by molar-refractivity contribution is 5.41. The summed E-state index contributed by atoms with van der Waals surface area (Å²) >= 11 is 0. The normalized spacial score (nSPS) is 13.8. The first-order chi connectivity index (χ1) is 8.02. The Bertz CT molecular complexity index is 407. The Morgan fingerprint density at radius 1 is 1.35 bits per heavy atom. The minimum Gasteiger partial charge on any atom is -0.491 e. The van der Waals surface area contributed by atoms with Gasteiger partial charge in [-0.25, -0.2) is 0 Å². The molecule has 0 aliphatic carbocycles. The van der Waals surface area contributed by atoms with Crippen molar-refractivity contribution >= 4 is 0 Å². The molecule has 1 rings (SSSR count). The maximum atomic E-state index is 9.19. The number of nitriles is 1. The Morgan fingerprint density at radius 2 is 2.06 bits per heavy atom. The average molecular weight is 233 g/mol. The fraction of sp³-hybridized carbons (Fsp3) is 0.500. The van der Waals surface area contributed by atoms with Gasteiger partial charge in [-0.15, -0.1) is 0 Å². The van der Waals surface area contributed by atoms with Crippen LogP contribution < -0.4 is 4.74 Å². The molecule has 0 aliphatic rings. The third-order valence-electron chi connectivity index (χ3n) is 2.65. The van der Waals surface area contributed by atoms with E-state index < -0.39 is 0 Å². The summed E-state index contributed by atoms with van der Waals surface area (Å²) in [6.45, 7) is 5.65. The van der Waals surface area contributed by atoms with Crippen LogP contribution in [-0.2, 0) is 0 Å². The molecule has 0 saturated carbocycles. The van der Waals surface area contributed by atoms with Crippen LogP contribution in [0.5, 0.6) is 5.75 Å². The lowest BCUT2D eigenvalue weighted by Gasteiger charge is -2.16. The van der Waals surface area contributed by atoms with Crippen LogP contribution in [0.25, 0.3) is 0 Å². The first kappa shape index (κ1) is 13.5. The predicted octanol–water partition coefficient (Wildman–Crippen LogP) is 2.80. The van der Waals surface area contributed by atoms with Gasteiger partial charge in [0.05, 0.1) is 23.8 Å². The van der Waals surface area contributed by atoms with Crippen LogP contribution >= 0.6 is 0 Å². The van der Waals surface area contributed by atoms with Gasteiger partial charge in [-0.1, -0.05) is 0 Å². The third kappa shape index (κ3) is 4.46. The Labute approximate surface area is 103 Å². The van der Waals surface area contributed by atoms with Crippen molar-refractivity contribution in [2.45, 2.75) is 45.8 Å². The Kier molecular flexibility index (Phi) is 4.99. The quantitative estimate of drug-likeness (QED) is 0.850. The number of aliphatic hydroxyl groups excluding tert-OH is 1. The second kappa shape index (κ2) is 6.27. The maximum absolute atomic E-state index is 9.19. The van der Waals surface area contributed by atoms with Crippen molar-refractivity contribution in [2.75, 3.05) is 0 Å². The molecule has 1 N–H and O–H groups in total. The Morgan fingerprint density at radius 3 is 2.59 bits per heavy atom. The fourth-order valence-corrected chi connectivity index (χ4v) is 1.60. The summed E-state index contributed by atoms with van der Waals surface area (Å²) in [4.78, 5) is 0. The fourth-order valence-electron chi connectivity index (χ4n) is 1.60. The molecule has 1 aromatic rings. The molecule has 0 saturated heterocycles. The smallest absolute Gasteiger partial charge is 0.120 e. The molecular weight excluding hydrogens is 214 g/mol. The molecular formula is C14H19NO2. The second-order valence-electron chi connectivity index (χ2n) is 4.44. The van der Waals surface area contributed by atoms with Crippen LogP contribution in [0.15, 0.2) is 18.2 Å². The largest absolute Gasteiger partial charge is 0.491 e. The minimum atomic E-state index is -0.288. The number of hydrogen-bond donors (Lipinski definition) is 1. The van der Waals surface area contributed by atoms with Crippen molar-refractivity contribution in [3.05, 3.63) is 29.3 Å². The zero-order valence-corrected chi connectivity index (χ0v) is 10.6. The van der Waals surface area contributed by atoms with Crippen molar-refractivity contribution < 1.29 is 9.84 Å². The maximum Gasteiger partial charge on any atom is 0.120 e. The van der Waals surface area contributed by atoms with Gasteiger partial charge in [-0.2, -0.15) is 5.26 Å². The molecule has 2 unspecified atom stereocenters. The number of ether oxygens (including phenoxy) is 1. The summed E-state index contributed by atoms with van der Waals surface area (Å²) in [5, 5.41) is 18.0. The molecule has 3 heteroatoms. The molecule has 0 radical (unpaired) electrons. The van der Waals surface area contributed by atoms with Gasteiger partial charge in [0.2, 0.25) is 0 Å². The van der Waals surface area contributed by atoms with Crippen molar-refractivity contribution in [1.82, 2.24) is 0 Å². The summed E-state index contributed by atoms with van der Waals surface area (Å²) in [6.07, 6.45) is 1.33. The number of aliphatic hydroxyl groups is 1. The zero-order valence-electron chi connectivity index (χ0n) is 10.6. The molecule has 0 heterocycles. The van der Waals surface area contributed by atoms with E-state index in [1.165, 1.54) is 0 Å². The lowest BCUT2D eigenvalue weighted by Crippen LogP contribution is -2.14. The van der Waals surface area contributed by atoms with Gasteiger partial charge in [0, 0.05) is 0 Å². The lowest BCUT2D eigenvalue weighted by atomic mass is 10.1. The molecule has 2 atom stereocenters. The van der Waals surface area contributed by atoms with Crippen molar-refractivity contribution in [1.29, 1.82) is 5.26 Å². The van der Waals surface area contributed by atoms with E-state index in [0.717, 1.165) is 24.2 Å². The van der Waals surface area contributed by atoms with E-state index in [1.54, 1.807) is 13.0 Å². The number of aryl methyl sites for hydroxylation is 1. The Balaban J connectivity index is 2.57. The molecule has 0 bridgehead atoms. The zero-order chi connectivity index (χ0) is 12.8. The molecule has 0 amide bonds. The van der Waals surface area contributed by atoms with Gasteiger partial charge in [-0.3, -0.25) is 0 Å². The molecule has 92 valence electrons. The van der Waals surface area contributed by atoms with Crippen molar-refractivity contribution in [3.8, 4) is 11.8 Å². The van der Waals surface area contributed by atoms with Gasteiger partial charge in [0.25, 0.3) is 0 Å². The lowest BCUT2D eigenvalue weighted by molar-refractivity contribution is 0.145. The summed E-state index contributed by atoms with van der Waals surface area (Å²) in [5.41, 5.74) is 1.60. The SMILES string of the molecule is Cc1cc(OC(C)CCC(C)O)ccc1C#N. The van der Waals surface area contributed by atoms with Crippen LogP contribution in [-0.4, -0.2) is 17.3 Å². The first-order valence-electron chi connectivity index (χ1n) is 5.88. The second-order valence-corrected chi connectivity index (χ2v) is 4.44. The van der Waals surface area contributed by atoms with E-state index in [9.17, 15) is 5.11 Å². The molecule has 0 aliphatic heterocycles. The van der Waals surface area contributed by atoms with Crippen molar-refractivity contribution in [2.24, 2.45) is 0 Å². The summed E-state index contributed by atoms with van der Waals surface area (Å²) in [7, 11) is 0. The predicted molar refractivity (Wildman–Crippen MR) is 66.9 cm³/mol. The molecule has 1 aromatic carbocycles. The summed E-state index contributed by atoms with van der Waals surface area (Å²) in [6, 6.07) is 7.58. The van der Waals surface area contributed by atoms with E-state index in [0.29, 0.717) is 5.56 Å². The highest BCUT2D eigenvalue weighted by Gasteiger charge is 2.07. The molecule has 0 spiro atoms. The average Bonchev–Trinajstić information content (AvgIpc) is 2.26. The van der Waals surface area contributed by atoms with Gasteiger partial charge in [0.1, 0.15) is 5.75 Å². The minimum absolute atomic E-state index is 0.0666. The van der Waals surface area contributed by atoms with E-state index in [4.69, 9.17) is 10.00 Å². The third-order valence-corrected chi connectivity index (χ3v) is 2.65. The molecule has 0 aromatic heterocycles. The van der Waals surface area contributed by atoms with Crippen LogP contribution in [0.1, 0.15) is 37.8 Å². The highest BCUT2D eigenvalue weighted by atomic mass is 16.5. The van der Waals surface area contributed by atoms with Crippen LogP contribution in [0.4, 0.5) is 0 Å². The number of rotatable bonds is 5. The van der Waals surface area contributed by atoms with Crippen LogP contribution in [0.3, 0.4) is 0 Å². The van der Waals surface area contributed by atoms with Crippen molar-refractivity contribution in [3.63, 3.8) is 0 Å². The first-order valence-corrected chi connectivity index (χ1v) is 5.88. The topological polar surface area (TPSA) is 53.2 Å². The highest BCUT2D eigenvalue weighted by Crippen LogP contribution is 2.19. The number of benzene rings is 1. The van der Waals surface area contributed by atoms with E-state index in [1.807, 2.05) is 26.0 Å². The molecule has 17 heavy (non-hydrogen) atoms. The van der Waals surface area contributed by atoms with Gasteiger partial charge >= 0.3 is 0 Å². The standard InChI is InChI=1S/C14H19NO2/c1-10-8-14(7-6-13(10)9-15)17-12(3)5-4-11(2)16/h6-8,11-12,16H,4-5H2,1-3H3. The van der Waals surface area contributed by atoms with Gasteiger partial charge < -0.3 is 9.84 Å². The van der Waals surface area contributed by atoms with E-state index in [2.05, 4.69) is 6.07 Å². The monoisotopic (exact) mass is 233 g/mol. The molecule has 3 nitrogen and oxygen atoms in total. The summed E-state index contributed by atoms with van der Waals surface area (Å²) in [5.74, 6) is 0.777. The van der Waals surface area contributed by atoms with Gasteiger partial charge in [0.15, 0.2) is 0 Å². The van der Waals surface area contributed by atoms with Crippen LogP contribution in [0.2, 0.25) is 0 Å². The van der Waals surface area contributed by atoms with Gasteiger partial charge in [-0.05, 0) is 57.4 Å². The Hall–Kier alpha value is -1.53. The number of hydrogen-bond acceptors (Lipinski definition) is 3. The summed E-state index contributed by atoms with van der Waals surface area (Å²) < 4.78 is 5.72. The van der Waals surface area contributed by atoms with E-state index in [-0.39, 0.29) is 12.2 Å². The van der Waals surface area contributed by atoms with E-state index >= 15 is 0 Å². The molecule has 0 fully saturated rings. The number of nitrogens with zero attached hydrogens (tertiary/aromatic N) is 1. The van der Waals surface area contributed by atoms with Crippen LogP contribution in [0, 0.1) is 18.3 Å².